The fourth-order valence-electron chi connectivity index (χ4n) is 5.10. The Morgan fingerprint density at radius 2 is 1.66 bits per heavy atom. The maximum Gasteiger partial charge on any atom is 0.266 e. The van der Waals surface area contributed by atoms with Crippen LogP contribution in [0.15, 0.2) is 89.7 Å². The van der Waals surface area contributed by atoms with Crippen LogP contribution in [0.5, 0.6) is 5.75 Å². The number of benzene rings is 3. The van der Waals surface area contributed by atoms with E-state index in [1.165, 1.54) is 5.01 Å². The third-order valence-corrected chi connectivity index (χ3v) is 7.03. The van der Waals surface area contributed by atoms with Gasteiger partial charge in [-0.15, -0.1) is 0 Å². The average molecular weight is 505 g/mol. The van der Waals surface area contributed by atoms with Crippen molar-refractivity contribution < 1.29 is 19.1 Å². The van der Waals surface area contributed by atoms with E-state index in [-0.39, 0.29) is 17.1 Å². The molecule has 3 heterocycles. The van der Waals surface area contributed by atoms with Crippen molar-refractivity contribution in [2.24, 2.45) is 11.0 Å². The molecule has 1 unspecified atom stereocenters. The quantitative estimate of drug-likeness (QED) is 0.410. The molecule has 1 N–H and O–H groups in total. The van der Waals surface area contributed by atoms with Gasteiger partial charge in [0.15, 0.2) is 0 Å². The zero-order chi connectivity index (χ0) is 26.6. The number of imide groups is 1. The second-order valence-electron chi connectivity index (χ2n) is 9.33. The molecular weight excluding hydrogens is 480 g/mol. The lowest BCUT2D eigenvalue weighted by Gasteiger charge is -2.17. The topological polar surface area (TPSA) is 95.1 Å². The minimum absolute atomic E-state index is 0.108. The first-order valence-corrected chi connectivity index (χ1v) is 12.2. The number of hydrazone groups is 1. The van der Waals surface area contributed by atoms with Crippen LogP contribution >= 0.6 is 0 Å². The van der Waals surface area contributed by atoms with Crippen LogP contribution in [0.4, 0.5) is 5.69 Å². The number of aromatic nitrogens is 1. The summed E-state index contributed by atoms with van der Waals surface area (Å²) in [6.07, 6.45) is 1.70. The van der Waals surface area contributed by atoms with Gasteiger partial charge in [-0.2, -0.15) is 5.10 Å². The minimum atomic E-state index is -1.04. The number of fused-ring (bicyclic) bond motifs is 1. The SMILES string of the molecule is COc1ccc2[nH]cc(C3=C(C4C(=O)N(C)N=C4c4ccccc4)C(=O)N(c4ccc(C)cc4)C3=O)c2c1. The Bertz CT molecular complexity index is 1680. The molecule has 0 spiro atoms. The maximum atomic E-state index is 14.2. The third-order valence-electron chi connectivity index (χ3n) is 7.03. The van der Waals surface area contributed by atoms with Gasteiger partial charge in [-0.1, -0.05) is 48.0 Å². The first-order valence-electron chi connectivity index (χ1n) is 12.2. The summed E-state index contributed by atoms with van der Waals surface area (Å²) in [5.74, 6) is -1.84. The number of carbonyl (C=O) groups is 3. The number of hydrogen-bond acceptors (Lipinski definition) is 5. The summed E-state index contributed by atoms with van der Waals surface area (Å²) in [4.78, 5) is 46.2. The lowest BCUT2D eigenvalue weighted by Crippen LogP contribution is -2.35. The summed E-state index contributed by atoms with van der Waals surface area (Å²) < 4.78 is 5.42. The number of H-pyrrole nitrogens is 1. The van der Waals surface area contributed by atoms with Crippen molar-refractivity contribution >= 4 is 45.6 Å². The van der Waals surface area contributed by atoms with Crippen molar-refractivity contribution in [1.29, 1.82) is 0 Å². The molecule has 8 heteroatoms. The van der Waals surface area contributed by atoms with Crippen LogP contribution in [0.2, 0.25) is 0 Å². The first kappa shape index (κ1) is 23.4. The van der Waals surface area contributed by atoms with Gasteiger partial charge in [0.25, 0.3) is 17.7 Å². The van der Waals surface area contributed by atoms with Gasteiger partial charge in [0.1, 0.15) is 11.7 Å². The number of amides is 3. The predicted octanol–water partition coefficient (Wildman–Crippen LogP) is 4.30. The second-order valence-corrected chi connectivity index (χ2v) is 9.33. The van der Waals surface area contributed by atoms with Gasteiger partial charge in [-0.25, -0.2) is 9.91 Å². The molecule has 1 aromatic heterocycles. The molecule has 2 aliphatic rings. The Balaban J connectivity index is 1.61. The molecule has 0 fully saturated rings. The molecule has 8 nitrogen and oxygen atoms in total. The summed E-state index contributed by atoms with van der Waals surface area (Å²) >= 11 is 0. The molecule has 3 amide bonds. The van der Waals surface area contributed by atoms with E-state index >= 15 is 0 Å². The number of ether oxygens (including phenoxy) is 1. The monoisotopic (exact) mass is 504 g/mol. The molecule has 0 bridgehead atoms. The molecule has 0 saturated carbocycles. The molecule has 0 radical (unpaired) electrons. The standard InChI is InChI=1S/C30H24N4O4/c1-17-9-11-19(12-10-17)34-29(36)24(22-16-31-23-14-13-20(38-3)15-21(22)23)25(30(34)37)26-27(32-33(2)28(26)35)18-7-5-4-6-8-18/h4-16,26,31H,1-3H3. The molecule has 2 aliphatic heterocycles. The molecule has 0 aliphatic carbocycles. The number of nitrogens with zero attached hydrogens (tertiary/aromatic N) is 3. The van der Waals surface area contributed by atoms with Gasteiger partial charge in [0.2, 0.25) is 0 Å². The second kappa shape index (κ2) is 8.85. The van der Waals surface area contributed by atoms with Crippen LogP contribution in [-0.2, 0) is 14.4 Å². The lowest BCUT2D eigenvalue weighted by molar-refractivity contribution is -0.130. The van der Waals surface area contributed by atoms with Gasteiger partial charge < -0.3 is 9.72 Å². The fourth-order valence-corrected chi connectivity index (χ4v) is 5.10. The lowest BCUT2D eigenvalue weighted by atomic mass is 9.85. The number of carbonyl (C=O) groups excluding carboxylic acids is 3. The van der Waals surface area contributed by atoms with E-state index in [1.54, 1.807) is 32.5 Å². The van der Waals surface area contributed by atoms with E-state index in [9.17, 15) is 14.4 Å². The number of anilines is 1. The number of rotatable bonds is 5. The Hall–Kier alpha value is -4.98. The van der Waals surface area contributed by atoms with Crippen LogP contribution in [-0.4, -0.2) is 47.6 Å². The van der Waals surface area contributed by atoms with Crippen LogP contribution in [0.25, 0.3) is 16.5 Å². The highest BCUT2D eigenvalue weighted by Gasteiger charge is 2.50. The first-order chi connectivity index (χ1) is 18.4. The highest BCUT2D eigenvalue weighted by Crippen LogP contribution is 2.42. The van der Waals surface area contributed by atoms with Crippen LogP contribution in [0.3, 0.4) is 0 Å². The molecule has 3 aromatic carbocycles. The van der Waals surface area contributed by atoms with E-state index in [0.717, 1.165) is 16.0 Å². The van der Waals surface area contributed by atoms with Crippen molar-refractivity contribution in [3.8, 4) is 5.75 Å². The normalized spacial score (nSPS) is 17.7. The van der Waals surface area contributed by atoms with Gasteiger partial charge >= 0.3 is 0 Å². The summed E-state index contributed by atoms with van der Waals surface area (Å²) in [5.41, 5.74) is 4.14. The Morgan fingerprint density at radius 3 is 2.37 bits per heavy atom. The zero-order valence-electron chi connectivity index (χ0n) is 21.1. The highest BCUT2D eigenvalue weighted by molar-refractivity contribution is 6.48. The van der Waals surface area contributed by atoms with Crippen molar-refractivity contribution in [2.75, 3.05) is 19.1 Å². The number of aryl methyl sites for hydroxylation is 1. The van der Waals surface area contributed by atoms with Crippen molar-refractivity contribution in [2.45, 2.75) is 6.92 Å². The van der Waals surface area contributed by atoms with E-state index in [2.05, 4.69) is 10.1 Å². The summed E-state index contributed by atoms with van der Waals surface area (Å²) in [5, 5.41) is 6.44. The maximum absolute atomic E-state index is 14.2. The summed E-state index contributed by atoms with van der Waals surface area (Å²) in [6.45, 7) is 1.93. The molecule has 6 rings (SSSR count). The molecule has 0 saturated heterocycles. The van der Waals surface area contributed by atoms with Crippen LogP contribution < -0.4 is 9.64 Å². The number of methoxy groups -OCH3 is 1. The molecule has 1 atom stereocenters. The highest BCUT2D eigenvalue weighted by atomic mass is 16.5. The molecule has 38 heavy (non-hydrogen) atoms. The third kappa shape index (κ3) is 3.53. The summed E-state index contributed by atoms with van der Waals surface area (Å²) in [6, 6.07) is 21.9. The van der Waals surface area contributed by atoms with Gasteiger partial charge in [0.05, 0.1) is 29.7 Å². The number of nitrogens with one attached hydrogen (secondary N) is 1. The molecular formula is C30H24N4O4. The van der Waals surface area contributed by atoms with Crippen LogP contribution in [0.1, 0.15) is 16.7 Å². The van der Waals surface area contributed by atoms with Gasteiger partial charge in [-0.05, 0) is 42.8 Å². The van der Waals surface area contributed by atoms with Crippen molar-refractivity contribution in [3.05, 3.63) is 101 Å². The summed E-state index contributed by atoms with van der Waals surface area (Å²) in [7, 11) is 3.12. The van der Waals surface area contributed by atoms with Gasteiger partial charge in [0, 0.05) is 29.7 Å². The average Bonchev–Trinajstić information content (AvgIpc) is 3.56. The molecule has 4 aromatic rings. The van der Waals surface area contributed by atoms with Crippen LogP contribution in [0, 0.1) is 12.8 Å². The largest absolute Gasteiger partial charge is 0.497 e. The van der Waals surface area contributed by atoms with E-state index in [0.29, 0.717) is 33.7 Å². The number of hydrogen-bond donors (Lipinski definition) is 1. The smallest absolute Gasteiger partial charge is 0.266 e. The molecule has 188 valence electrons. The minimum Gasteiger partial charge on any atom is -0.497 e. The zero-order valence-corrected chi connectivity index (χ0v) is 21.1. The Kier molecular flexibility index (Phi) is 5.45. The van der Waals surface area contributed by atoms with E-state index in [4.69, 9.17) is 4.74 Å². The Labute approximate surface area is 218 Å². The number of aromatic amines is 1. The van der Waals surface area contributed by atoms with E-state index in [1.807, 2.05) is 67.6 Å². The van der Waals surface area contributed by atoms with Crippen molar-refractivity contribution in [1.82, 2.24) is 9.99 Å². The predicted molar refractivity (Wildman–Crippen MR) is 145 cm³/mol. The van der Waals surface area contributed by atoms with E-state index < -0.39 is 17.7 Å². The van der Waals surface area contributed by atoms with Gasteiger partial charge in [-0.3, -0.25) is 14.4 Å². The fraction of sp³-hybridized carbons (Fsp3) is 0.133. The van der Waals surface area contributed by atoms with Crippen molar-refractivity contribution in [3.63, 3.8) is 0 Å². The Morgan fingerprint density at radius 1 is 0.921 bits per heavy atom.